The SMILES string of the molecule is CC1CCC(CN(CC(C)(F)/C(=C/C=C\CCl)C(C)F)C2=C(C3=CC(Cl)CCN=C3)NC(C(=N)OCN)=NC2N)CC1. The van der Waals surface area contributed by atoms with E-state index in [0.29, 0.717) is 42.4 Å². The van der Waals surface area contributed by atoms with E-state index in [0.717, 1.165) is 25.7 Å². The lowest BCUT2D eigenvalue weighted by Gasteiger charge is -2.41. The highest BCUT2D eigenvalue weighted by atomic mass is 35.5. The summed E-state index contributed by atoms with van der Waals surface area (Å²) in [6.07, 6.45) is 10.5. The van der Waals surface area contributed by atoms with Crippen LogP contribution in [0.3, 0.4) is 0 Å². The molecule has 0 amide bonds. The van der Waals surface area contributed by atoms with Crippen LogP contribution in [0, 0.1) is 17.2 Å². The topological polar surface area (TPSA) is 125 Å². The number of allylic oxidation sites excluding steroid dienone is 5. The molecular formula is C30H45Cl2F2N7O. The van der Waals surface area contributed by atoms with E-state index in [9.17, 15) is 4.39 Å². The number of rotatable bonds is 12. The van der Waals surface area contributed by atoms with Crippen LogP contribution in [-0.2, 0) is 4.74 Å². The number of amidine groups is 1. The maximum atomic E-state index is 16.7. The van der Waals surface area contributed by atoms with Crippen molar-refractivity contribution in [3.8, 4) is 0 Å². The summed E-state index contributed by atoms with van der Waals surface area (Å²) in [6, 6.07) is 0. The molecule has 1 fully saturated rings. The molecule has 1 saturated carbocycles. The van der Waals surface area contributed by atoms with Gasteiger partial charge in [0.25, 0.3) is 5.90 Å². The van der Waals surface area contributed by atoms with Crippen LogP contribution in [0.5, 0.6) is 0 Å². The molecule has 234 valence electrons. The van der Waals surface area contributed by atoms with Gasteiger partial charge in [-0.2, -0.15) is 0 Å². The molecule has 4 atom stereocenters. The zero-order chi connectivity index (χ0) is 30.9. The maximum absolute atomic E-state index is 16.7. The lowest BCUT2D eigenvalue weighted by atomic mass is 9.82. The number of hydrogen-bond acceptors (Lipinski definition) is 8. The predicted octanol–water partition coefficient (Wildman–Crippen LogP) is 5.34. The van der Waals surface area contributed by atoms with Gasteiger partial charge in [-0.3, -0.25) is 16.1 Å². The monoisotopic (exact) mass is 627 g/mol. The number of alkyl halides is 4. The number of ether oxygens (including phenoxy) is 1. The first-order valence-electron chi connectivity index (χ1n) is 14.6. The minimum absolute atomic E-state index is 0.00371. The highest BCUT2D eigenvalue weighted by molar-refractivity contribution is 6.37. The number of halogens is 4. The van der Waals surface area contributed by atoms with E-state index in [1.165, 1.54) is 19.9 Å². The van der Waals surface area contributed by atoms with Gasteiger partial charge in [-0.1, -0.05) is 44.1 Å². The largest absolute Gasteiger partial charge is 0.460 e. The smallest absolute Gasteiger partial charge is 0.251 e. The van der Waals surface area contributed by atoms with Crippen LogP contribution in [0.15, 0.2) is 56.8 Å². The molecule has 0 aromatic carbocycles. The number of nitrogens with one attached hydrogen (secondary N) is 2. The predicted molar refractivity (Wildman–Crippen MR) is 170 cm³/mol. The minimum atomic E-state index is -2.06. The summed E-state index contributed by atoms with van der Waals surface area (Å²) in [4.78, 5) is 10.9. The molecule has 12 heteroatoms. The molecule has 0 aromatic heterocycles. The van der Waals surface area contributed by atoms with E-state index in [1.807, 2.05) is 11.0 Å². The Balaban J connectivity index is 2.14. The molecule has 2 aliphatic heterocycles. The molecule has 0 spiro atoms. The molecule has 3 aliphatic rings. The van der Waals surface area contributed by atoms with Crippen molar-refractivity contribution in [3.05, 3.63) is 46.8 Å². The fourth-order valence-corrected chi connectivity index (χ4v) is 6.03. The van der Waals surface area contributed by atoms with E-state index in [1.54, 1.807) is 18.4 Å². The van der Waals surface area contributed by atoms with Crippen molar-refractivity contribution < 1.29 is 13.5 Å². The van der Waals surface area contributed by atoms with Crippen LogP contribution in [0.25, 0.3) is 0 Å². The van der Waals surface area contributed by atoms with Crippen LogP contribution in [-0.4, -0.2) is 78.5 Å². The first-order valence-corrected chi connectivity index (χ1v) is 15.6. The summed E-state index contributed by atoms with van der Waals surface area (Å²) in [7, 11) is 0. The number of nitrogens with two attached hydrogens (primary N) is 2. The summed E-state index contributed by atoms with van der Waals surface area (Å²) < 4.78 is 36.8. The lowest BCUT2D eigenvalue weighted by Crippen LogP contribution is -2.51. The average Bonchev–Trinajstić information content (AvgIpc) is 3.15. The van der Waals surface area contributed by atoms with Crippen molar-refractivity contribution in [1.82, 2.24) is 10.2 Å². The van der Waals surface area contributed by atoms with E-state index in [4.69, 9.17) is 44.8 Å². The summed E-state index contributed by atoms with van der Waals surface area (Å²) in [5.74, 6) is 0.974. The molecule has 0 radical (unpaired) electrons. The van der Waals surface area contributed by atoms with Crippen LogP contribution in [0.1, 0.15) is 52.9 Å². The van der Waals surface area contributed by atoms with Gasteiger partial charge in [0.05, 0.1) is 23.3 Å². The number of aliphatic imine (C=N–C) groups is 2. The minimum Gasteiger partial charge on any atom is -0.460 e. The van der Waals surface area contributed by atoms with E-state index in [2.05, 4.69) is 22.2 Å². The molecule has 2 heterocycles. The van der Waals surface area contributed by atoms with Crippen molar-refractivity contribution >= 4 is 41.1 Å². The summed E-state index contributed by atoms with van der Waals surface area (Å²) in [5, 5.41) is 11.2. The Hall–Kier alpha value is -2.27. The molecule has 0 bridgehead atoms. The lowest BCUT2D eigenvalue weighted by molar-refractivity contribution is 0.119. The quantitative estimate of drug-likeness (QED) is 0.0764. The van der Waals surface area contributed by atoms with Gasteiger partial charge in [0.2, 0.25) is 0 Å². The summed E-state index contributed by atoms with van der Waals surface area (Å²) in [6.45, 7) is 5.63. The Kier molecular flexibility index (Phi) is 13.0. The average molecular weight is 629 g/mol. The highest BCUT2D eigenvalue weighted by Gasteiger charge is 2.39. The van der Waals surface area contributed by atoms with Gasteiger partial charge in [-0.05, 0) is 44.9 Å². The molecule has 3 rings (SSSR count). The van der Waals surface area contributed by atoms with Crippen LogP contribution in [0.4, 0.5) is 8.78 Å². The van der Waals surface area contributed by atoms with E-state index in [-0.39, 0.29) is 47.8 Å². The van der Waals surface area contributed by atoms with Crippen molar-refractivity contribution in [1.29, 1.82) is 5.41 Å². The third-order valence-corrected chi connectivity index (χ3v) is 8.40. The zero-order valence-corrected chi connectivity index (χ0v) is 26.3. The summed E-state index contributed by atoms with van der Waals surface area (Å²) in [5.41, 5.74) is 11.8. The molecule has 6 N–H and O–H groups in total. The third kappa shape index (κ3) is 9.36. The maximum Gasteiger partial charge on any atom is 0.251 e. The van der Waals surface area contributed by atoms with Gasteiger partial charge in [-0.15, -0.1) is 23.2 Å². The standard InChI is InChI=1S/C30H45Cl2F2N7O/c1-19-7-9-21(10-8-19)16-41(17-30(3,34)24(20(2)33)6-4-5-12-31)26-25(22-14-23(32)11-13-38-15-22)39-29(40-27(26)36)28(37)42-18-35/h4-6,14-15,19-21,23,27,37H,7-13,16-18,35-36H2,1-3H3,(H,39,40)/b5-4-,24-6+,37-28?. The fourth-order valence-electron chi connectivity index (χ4n) is 5.69. The van der Waals surface area contributed by atoms with Crippen molar-refractivity contribution in [3.63, 3.8) is 0 Å². The van der Waals surface area contributed by atoms with Gasteiger partial charge >= 0.3 is 0 Å². The van der Waals surface area contributed by atoms with Crippen molar-refractivity contribution in [2.75, 3.05) is 32.2 Å². The van der Waals surface area contributed by atoms with Gasteiger partial charge in [0.1, 0.15) is 24.7 Å². The second-order valence-corrected chi connectivity index (χ2v) is 12.3. The zero-order valence-electron chi connectivity index (χ0n) is 24.8. The fraction of sp³-hybridized carbons (Fsp3) is 0.633. The molecular weight excluding hydrogens is 583 g/mol. The highest BCUT2D eigenvalue weighted by Crippen LogP contribution is 2.35. The third-order valence-electron chi connectivity index (χ3n) is 7.88. The van der Waals surface area contributed by atoms with Gasteiger partial charge in [0, 0.05) is 36.3 Å². The van der Waals surface area contributed by atoms with E-state index < -0.39 is 18.0 Å². The van der Waals surface area contributed by atoms with Crippen LogP contribution >= 0.6 is 23.2 Å². The molecule has 1 aliphatic carbocycles. The molecule has 8 nitrogen and oxygen atoms in total. The van der Waals surface area contributed by atoms with E-state index >= 15 is 4.39 Å². The number of nitrogens with zero attached hydrogens (tertiary/aromatic N) is 3. The Labute approximate surface area is 258 Å². The van der Waals surface area contributed by atoms with Crippen molar-refractivity contribution in [2.24, 2.45) is 33.3 Å². The normalized spacial score (nSPS) is 27.5. The summed E-state index contributed by atoms with van der Waals surface area (Å²) >= 11 is 12.3. The molecule has 0 saturated heterocycles. The van der Waals surface area contributed by atoms with Crippen molar-refractivity contribution in [2.45, 2.75) is 76.3 Å². The van der Waals surface area contributed by atoms with Crippen LogP contribution < -0.4 is 16.8 Å². The Morgan fingerprint density at radius 2 is 2.05 bits per heavy atom. The number of hydrogen-bond donors (Lipinski definition) is 4. The first-order chi connectivity index (χ1) is 20.0. The van der Waals surface area contributed by atoms with Crippen LogP contribution in [0.2, 0.25) is 0 Å². The second-order valence-electron chi connectivity index (χ2n) is 11.4. The molecule has 4 unspecified atom stereocenters. The van der Waals surface area contributed by atoms with Gasteiger partial charge < -0.3 is 20.7 Å². The molecule has 0 aromatic rings. The Bertz CT molecular complexity index is 1120. The molecule has 42 heavy (non-hydrogen) atoms. The van der Waals surface area contributed by atoms with Gasteiger partial charge in [-0.25, -0.2) is 13.8 Å². The first kappa shape index (κ1) is 34.2. The van der Waals surface area contributed by atoms with Gasteiger partial charge in [0.15, 0.2) is 5.84 Å². The Morgan fingerprint density at radius 3 is 2.69 bits per heavy atom. The second kappa shape index (κ2) is 16.0. The Morgan fingerprint density at radius 1 is 1.33 bits per heavy atom.